The molecule has 1 aliphatic heterocycles. The van der Waals surface area contributed by atoms with Crippen molar-refractivity contribution in [2.24, 2.45) is 0 Å². The molecule has 3 nitrogen and oxygen atoms in total. The van der Waals surface area contributed by atoms with Crippen molar-refractivity contribution in [3.63, 3.8) is 0 Å². The van der Waals surface area contributed by atoms with Crippen LogP contribution >= 0.6 is 11.8 Å². The van der Waals surface area contributed by atoms with E-state index >= 15 is 0 Å². The molecule has 0 aromatic heterocycles. The van der Waals surface area contributed by atoms with Crippen LogP contribution < -0.4 is 4.90 Å². The summed E-state index contributed by atoms with van der Waals surface area (Å²) in [6, 6.07) is 15.4. The van der Waals surface area contributed by atoms with E-state index in [1.807, 2.05) is 42.2 Å². The van der Waals surface area contributed by atoms with Gasteiger partial charge >= 0.3 is 0 Å². The topological polar surface area (TPSA) is 32.7 Å². The summed E-state index contributed by atoms with van der Waals surface area (Å²) in [5.74, 6) is 0.0546. The fourth-order valence-electron chi connectivity index (χ4n) is 2.97. The van der Waals surface area contributed by atoms with Crippen molar-refractivity contribution in [3.8, 4) is 0 Å². The van der Waals surface area contributed by atoms with Crippen LogP contribution in [0.5, 0.6) is 0 Å². The molecule has 2 aromatic carbocycles. The molecule has 0 radical (unpaired) electrons. The van der Waals surface area contributed by atoms with E-state index in [1.54, 1.807) is 12.1 Å². The summed E-state index contributed by atoms with van der Waals surface area (Å²) in [6.07, 6.45) is -1.40. The highest BCUT2D eigenvalue weighted by Crippen LogP contribution is 2.41. The number of thioether (sulfide) groups is 1. The number of anilines is 1. The second-order valence-corrected chi connectivity index (χ2v) is 7.04. The van der Waals surface area contributed by atoms with Gasteiger partial charge in [0.05, 0.1) is 11.4 Å². The molecule has 2 aromatic rings. The molecule has 24 heavy (non-hydrogen) atoms. The first-order valence-electron chi connectivity index (χ1n) is 7.77. The Hall–Kier alpha value is -1.63. The second-order valence-electron chi connectivity index (χ2n) is 5.83. The molecule has 6 heteroatoms. The molecule has 1 heterocycles. The standard InChI is InChI=1S/C18H19F2NO2S/c1-12-17(18(23-20)21(12)15-5-3-2-4-6-15)24-11-16(22)13-7-9-14(19)10-8-13/h2-10,12,16-18,22H,11H2,1H3. The van der Waals surface area contributed by atoms with Gasteiger partial charge in [0.15, 0.2) is 6.23 Å². The van der Waals surface area contributed by atoms with E-state index < -0.39 is 12.3 Å². The summed E-state index contributed by atoms with van der Waals surface area (Å²) in [4.78, 5) is 6.04. The van der Waals surface area contributed by atoms with E-state index in [-0.39, 0.29) is 17.1 Å². The average molecular weight is 351 g/mol. The molecule has 1 N–H and O–H groups in total. The van der Waals surface area contributed by atoms with Gasteiger partial charge in [-0.05, 0) is 41.3 Å². The SMILES string of the molecule is CC1C(SCC(O)c2ccc(F)cc2)C(OF)N1c1ccccc1. The number of para-hydroxylation sites is 1. The van der Waals surface area contributed by atoms with Gasteiger partial charge in [-0.1, -0.05) is 30.3 Å². The fourth-order valence-corrected chi connectivity index (χ4v) is 4.31. The number of hydrogen-bond acceptors (Lipinski definition) is 4. The average Bonchev–Trinajstić information content (AvgIpc) is 2.60. The summed E-state index contributed by atoms with van der Waals surface area (Å²) in [5.41, 5.74) is 1.55. The Morgan fingerprint density at radius 2 is 1.83 bits per heavy atom. The molecule has 0 bridgehead atoms. The van der Waals surface area contributed by atoms with E-state index in [9.17, 15) is 14.0 Å². The monoisotopic (exact) mass is 351 g/mol. The van der Waals surface area contributed by atoms with Gasteiger partial charge in [-0.15, -0.1) is 11.8 Å². The largest absolute Gasteiger partial charge is 0.388 e. The molecule has 1 saturated heterocycles. The number of nitrogens with zero attached hydrogens (tertiary/aromatic N) is 1. The lowest BCUT2D eigenvalue weighted by Gasteiger charge is -2.52. The minimum absolute atomic E-state index is 0.0820. The molecule has 0 amide bonds. The highest BCUT2D eigenvalue weighted by Gasteiger charge is 2.48. The van der Waals surface area contributed by atoms with Crippen molar-refractivity contribution < 1.29 is 19.0 Å². The summed E-state index contributed by atoms with van der Waals surface area (Å²) < 4.78 is 26.0. The Kier molecular flexibility index (Phi) is 5.38. The summed E-state index contributed by atoms with van der Waals surface area (Å²) in [7, 11) is 0. The maximum atomic E-state index is 13.0. The lowest BCUT2D eigenvalue weighted by atomic mass is 10.0. The van der Waals surface area contributed by atoms with Crippen molar-refractivity contribution >= 4 is 17.4 Å². The zero-order chi connectivity index (χ0) is 17.1. The molecule has 0 aliphatic carbocycles. The van der Waals surface area contributed by atoms with Crippen molar-refractivity contribution in [2.75, 3.05) is 10.7 Å². The number of aliphatic hydroxyl groups is 1. The summed E-state index contributed by atoms with van der Waals surface area (Å²) in [5, 5.41) is 10.1. The van der Waals surface area contributed by atoms with Crippen LogP contribution in [0.4, 0.5) is 14.6 Å². The van der Waals surface area contributed by atoms with Crippen molar-refractivity contribution in [3.05, 3.63) is 66.0 Å². The molecule has 4 unspecified atom stereocenters. The Balaban J connectivity index is 1.60. The quantitative estimate of drug-likeness (QED) is 0.849. The van der Waals surface area contributed by atoms with Gasteiger partial charge in [-0.2, -0.15) is 4.94 Å². The van der Waals surface area contributed by atoms with Gasteiger partial charge in [-0.3, -0.25) is 0 Å². The van der Waals surface area contributed by atoms with Gasteiger partial charge in [0.1, 0.15) is 5.82 Å². The Morgan fingerprint density at radius 1 is 1.17 bits per heavy atom. The molecule has 0 saturated carbocycles. The van der Waals surface area contributed by atoms with Crippen LogP contribution in [0.2, 0.25) is 0 Å². The molecular weight excluding hydrogens is 332 g/mol. The molecule has 3 rings (SSSR count). The minimum atomic E-state index is -0.728. The maximum Gasteiger partial charge on any atom is 0.184 e. The number of aliphatic hydroxyl groups excluding tert-OH is 1. The third-order valence-corrected chi connectivity index (χ3v) is 5.84. The Bertz CT molecular complexity index is 656. The van der Waals surface area contributed by atoms with Crippen molar-refractivity contribution in [2.45, 2.75) is 30.5 Å². The van der Waals surface area contributed by atoms with Crippen LogP contribution in [0.15, 0.2) is 54.6 Å². The normalized spacial score (nSPS) is 24.5. The lowest BCUT2D eigenvalue weighted by Crippen LogP contribution is -2.66. The highest BCUT2D eigenvalue weighted by molar-refractivity contribution is 8.00. The molecule has 4 atom stereocenters. The van der Waals surface area contributed by atoms with E-state index in [0.29, 0.717) is 11.3 Å². The summed E-state index contributed by atoms with van der Waals surface area (Å²) in [6.45, 7) is 2.00. The van der Waals surface area contributed by atoms with Crippen LogP contribution in [0.1, 0.15) is 18.6 Å². The van der Waals surface area contributed by atoms with Crippen molar-refractivity contribution in [1.82, 2.24) is 0 Å². The maximum absolute atomic E-state index is 13.0. The molecular formula is C18H19F2NO2S. The van der Waals surface area contributed by atoms with E-state index in [4.69, 9.17) is 0 Å². The zero-order valence-corrected chi connectivity index (χ0v) is 14.0. The number of halogens is 2. The van der Waals surface area contributed by atoms with Crippen LogP contribution in [0.25, 0.3) is 0 Å². The molecule has 0 spiro atoms. The number of benzene rings is 2. The first-order valence-corrected chi connectivity index (χ1v) is 8.82. The molecule has 1 fully saturated rings. The van der Waals surface area contributed by atoms with Gasteiger partial charge in [0.2, 0.25) is 0 Å². The van der Waals surface area contributed by atoms with Crippen molar-refractivity contribution in [1.29, 1.82) is 0 Å². The third kappa shape index (κ3) is 3.41. The Labute approximate surface area is 144 Å². The van der Waals surface area contributed by atoms with Gasteiger partial charge in [0, 0.05) is 17.5 Å². The van der Waals surface area contributed by atoms with Crippen LogP contribution in [0.3, 0.4) is 0 Å². The fraction of sp³-hybridized carbons (Fsp3) is 0.333. The minimum Gasteiger partial charge on any atom is -0.388 e. The van der Waals surface area contributed by atoms with Crippen LogP contribution in [-0.4, -0.2) is 28.4 Å². The van der Waals surface area contributed by atoms with E-state index in [1.165, 1.54) is 23.9 Å². The number of hydrogen-bond donors (Lipinski definition) is 1. The first-order chi connectivity index (χ1) is 11.6. The van der Waals surface area contributed by atoms with Gasteiger partial charge in [-0.25, -0.2) is 4.39 Å². The van der Waals surface area contributed by atoms with Crippen LogP contribution in [0, 0.1) is 5.82 Å². The zero-order valence-electron chi connectivity index (χ0n) is 13.2. The molecule has 1 aliphatic rings. The van der Waals surface area contributed by atoms with Gasteiger partial charge < -0.3 is 10.0 Å². The van der Waals surface area contributed by atoms with Crippen LogP contribution in [-0.2, 0) is 4.94 Å². The lowest BCUT2D eigenvalue weighted by molar-refractivity contribution is -0.198. The predicted molar refractivity (Wildman–Crippen MR) is 92.0 cm³/mol. The highest BCUT2D eigenvalue weighted by atomic mass is 32.2. The first kappa shape index (κ1) is 17.2. The second kappa shape index (κ2) is 7.51. The van der Waals surface area contributed by atoms with E-state index in [2.05, 4.69) is 4.94 Å². The Morgan fingerprint density at radius 3 is 2.46 bits per heavy atom. The molecule has 128 valence electrons. The number of rotatable bonds is 6. The van der Waals surface area contributed by atoms with Gasteiger partial charge in [0.25, 0.3) is 0 Å². The van der Waals surface area contributed by atoms with E-state index in [0.717, 1.165) is 5.69 Å². The third-order valence-electron chi connectivity index (χ3n) is 4.32. The smallest absolute Gasteiger partial charge is 0.184 e. The summed E-state index contributed by atoms with van der Waals surface area (Å²) >= 11 is 1.46. The predicted octanol–water partition coefficient (Wildman–Crippen LogP) is 4.10.